The van der Waals surface area contributed by atoms with Gasteiger partial charge in [-0.15, -0.1) is 0 Å². The number of fused-ring (bicyclic) bond motifs is 2. The lowest BCUT2D eigenvalue weighted by Gasteiger charge is -2.11. The molecule has 0 amide bonds. The van der Waals surface area contributed by atoms with Crippen LogP contribution in [-0.4, -0.2) is 30.6 Å². The normalized spacial score (nSPS) is 11.2. The highest BCUT2D eigenvalue weighted by Crippen LogP contribution is 2.30. The lowest BCUT2D eigenvalue weighted by atomic mass is 10.1. The van der Waals surface area contributed by atoms with E-state index in [0.717, 1.165) is 57.4 Å². The van der Waals surface area contributed by atoms with Crippen molar-refractivity contribution in [1.82, 2.24) is 24.3 Å². The van der Waals surface area contributed by atoms with Crippen molar-refractivity contribution in [1.29, 1.82) is 0 Å². The zero-order chi connectivity index (χ0) is 23.8. The van der Waals surface area contributed by atoms with Gasteiger partial charge in [0.05, 0.1) is 29.5 Å². The van der Waals surface area contributed by atoms with Crippen LogP contribution in [0.15, 0.2) is 91.4 Å². The molecule has 0 saturated heterocycles. The van der Waals surface area contributed by atoms with Gasteiger partial charge in [0.1, 0.15) is 12.1 Å². The SMILES string of the molecule is Cn1c(C=O)ccc1-c1ccc2ncnc(Nc3ccc4c(cnn4Cc4ccccc4)c3)c2c1. The van der Waals surface area contributed by atoms with E-state index in [2.05, 4.69) is 50.7 Å². The largest absolute Gasteiger partial charge is 0.341 e. The summed E-state index contributed by atoms with van der Waals surface area (Å²) in [5.74, 6) is 0.720. The molecule has 0 unspecified atom stereocenters. The van der Waals surface area contributed by atoms with E-state index in [1.165, 1.54) is 5.56 Å². The molecule has 170 valence electrons. The molecule has 0 radical (unpaired) electrons. The van der Waals surface area contributed by atoms with Gasteiger partial charge < -0.3 is 9.88 Å². The second-order valence-corrected chi connectivity index (χ2v) is 8.46. The third-order valence-corrected chi connectivity index (χ3v) is 6.29. The average Bonchev–Trinajstić information content (AvgIpc) is 3.47. The number of hydrogen-bond acceptors (Lipinski definition) is 5. The summed E-state index contributed by atoms with van der Waals surface area (Å²) in [7, 11) is 1.89. The standard InChI is InChI=1S/C28H22N6O/c1-33-23(17-35)9-12-26(33)20-7-10-25-24(14-20)28(30-18-29-25)32-22-8-11-27-21(13-22)15-31-34(27)16-19-5-3-2-4-6-19/h2-15,17-18H,16H2,1H3,(H,29,30,32). The Morgan fingerprint density at radius 1 is 0.943 bits per heavy atom. The van der Waals surface area contributed by atoms with Crippen LogP contribution in [0.3, 0.4) is 0 Å². The van der Waals surface area contributed by atoms with Crippen LogP contribution < -0.4 is 5.32 Å². The van der Waals surface area contributed by atoms with Crippen LogP contribution in [0, 0.1) is 0 Å². The van der Waals surface area contributed by atoms with Crippen molar-refractivity contribution in [2.24, 2.45) is 7.05 Å². The van der Waals surface area contributed by atoms with E-state index in [9.17, 15) is 4.79 Å². The summed E-state index contributed by atoms with van der Waals surface area (Å²) in [5, 5.41) is 10.00. The second kappa shape index (κ2) is 8.53. The lowest BCUT2D eigenvalue weighted by molar-refractivity contribution is 0.111. The average molecular weight is 459 g/mol. The molecular formula is C28H22N6O. The number of nitrogens with one attached hydrogen (secondary N) is 1. The van der Waals surface area contributed by atoms with Crippen LogP contribution in [-0.2, 0) is 13.6 Å². The highest BCUT2D eigenvalue weighted by molar-refractivity contribution is 5.94. The number of carbonyl (C=O) groups is 1. The Morgan fingerprint density at radius 3 is 2.66 bits per heavy atom. The van der Waals surface area contributed by atoms with Gasteiger partial charge in [-0.2, -0.15) is 5.10 Å². The van der Waals surface area contributed by atoms with E-state index in [1.807, 2.05) is 71.0 Å². The Balaban J connectivity index is 1.33. The molecule has 0 atom stereocenters. The number of hydrogen-bond donors (Lipinski definition) is 1. The topological polar surface area (TPSA) is 77.6 Å². The molecule has 0 fully saturated rings. The molecule has 3 aromatic heterocycles. The number of carbonyl (C=O) groups excluding carboxylic acids is 1. The van der Waals surface area contributed by atoms with Crippen molar-refractivity contribution in [3.8, 4) is 11.3 Å². The third-order valence-electron chi connectivity index (χ3n) is 6.29. The van der Waals surface area contributed by atoms with Crippen molar-refractivity contribution in [2.75, 3.05) is 5.32 Å². The minimum Gasteiger partial charge on any atom is -0.341 e. The van der Waals surface area contributed by atoms with Crippen LogP contribution in [0.1, 0.15) is 16.1 Å². The minimum absolute atomic E-state index is 0.629. The van der Waals surface area contributed by atoms with Crippen molar-refractivity contribution < 1.29 is 4.79 Å². The minimum atomic E-state index is 0.629. The Labute approximate surface area is 201 Å². The van der Waals surface area contributed by atoms with Crippen molar-refractivity contribution in [3.63, 3.8) is 0 Å². The number of rotatable bonds is 6. The predicted octanol–water partition coefficient (Wildman–Crippen LogP) is 5.59. The fourth-order valence-electron chi connectivity index (χ4n) is 4.43. The molecule has 0 aliphatic rings. The van der Waals surface area contributed by atoms with E-state index in [0.29, 0.717) is 5.69 Å². The number of anilines is 2. The lowest BCUT2D eigenvalue weighted by Crippen LogP contribution is -2.01. The van der Waals surface area contributed by atoms with Crippen molar-refractivity contribution in [3.05, 3.63) is 103 Å². The van der Waals surface area contributed by atoms with E-state index in [-0.39, 0.29) is 0 Å². The molecular weight excluding hydrogens is 436 g/mol. The first-order chi connectivity index (χ1) is 17.2. The summed E-state index contributed by atoms with van der Waals surface area (Å²) in [6, 6.07) is 26.3. The maximum Gasteiger partial charge on any atom is 0.166 e. The highest BCUT2D eigenvalue weighted by atomic mass is 16.1. The van der Waals surface area contributed by atoms with Crippen molar-refractivity contribution in [2.45, 2.75) is 6.54 Å². The fraction of sp³-hybridized carbons (Fsp3) is 0.0714. The summed E-state index contributed by atoms with van der Waals surface area (Å²) in [6.45, 7) is 0.724. The highest BCUT2D eigenvalue weighted by Gasteiger charge is 2.11. The smallest absolute Gasteiger partial charge is 0.166 e. The maximum absolute atomic E-state index is 11.3. The van der Waals surface area contributed by atoms with Crippen molar-refractivity contribution >= 4 is 39.6 Å². The quantitative estimate of drug-likeness (QED) is 0.329. The first-order valence-electron chi connectivity index (χ1n) is 11.3. The predicted molar refractivity (Wildman–Crippen MR) is 138 cm³/mol. The summed E-state index contributed by atoms with van der Waals surface area (Å²) in [4.78, 5) is 20.2. The van der Waals surface area contributed by atoms with Gasteiger partial charge in [0.25, 0.3) is 0 Å². The molecule has 3 aromatic carbocycles. The molecule has 0 spiro atoms. The molecule has 0 bridgehead atoms. The molecule has 7 nitrogen and oxygen atoms in total. The van der Waals surface area contributed by atoms with Crippen LogP contribution in [0.5, 0.6) is 0 Å². The molecule has 1 N–H and O–H groups in total. The first kappa shape index (κ1) is 20.8. The zero-order valence-corrected chi connectivity index (χ0v) is 19.1. The number of nitrogens with zero attached hydrogens (tertiary/aromatic N) is 5. The van der Waals surface area contributed by atoms with Gasteiger partial charge in [0.2, 0.25) is 0 Å². The first-order valence-corrected chi connectivity index (χ1v) is 11.3. The van der Waals surface area contributed by atoms with Gasteiger partial charge >= 0.3 is 0 Å². The van der Waals surface area contributed by atoms with Gasteiger partial charge in [0, 0.05) is 29.2 Å². The molecule has 0 aliphatic heterocycles. The summed E-state index contributed by atoms with van der Waals surface area (Å²) >= 11 is 0. The van der Waals surface area contributed by atoms with E-state index < -0.39 is 0 Å². The molecule has 6 aromatic rings. The number of aromatic nitrogens is 5. The van der Waals surface area contributed by atoms with Gasteiger partial charge in [-0.1, -0.05) is 36.4 Å². The van der Waals surface area contributed by atoms with Crippen LogP contribution >= 0.6 is 0 Å². The Hall–Kier alpha value is -4.78. The summed E-state index contributed by atoms with van der Waals surface area (Å²) < 4.78 is 3.89. The number of benzene rings is 3. The van der Waals surface area contributed by atoms with Crippen LogP contribution in [0.25, 0.3) is 33.1 Å². The Bertz CT molecular complexity index is 1680. The molecule has 3 heterocycles. The molecule has 35 heavy (non-hydrogen) atoms. The van der Waals surface area contributed by atoms with E-state index in [1.54, 1.807) is 6.33 Å². The molecule has 0 saturated carbocycles. The Morgan fingerprint density at radius 2 is 1.83 bits per heavy atom. The zero-order valence-electron chi connectivity index (χ0n) is 19.1. The maximum atomic E-state index is 11.3. The van der Waals surface area contributed by atoms with Gasteiger partial charge in [-0.3, -0.25) is 9.48 Å². The Kier molecular flexibility index (Phi) is 5.07. The monoisotopic (exact) mass is 458 g/mol. The van der Waals surface area contributed by atoms with Crippen LogP contribution in [0.4, 0.5) is 11.5 Å². The molecule has 6 rings (SSSR count). The van der Waals surface area contributed by atoms with E-state index >= 15 is 0 Å². The van der Waals surface area contributed by atoms with Gasteiger partial charge in [-0.25, -0.2) is 9.97 Å². The molecule has 0 aliphatic carbocycles. The third kappa shape index (κ3) is 3.83. The van der Waals surface area contributed by atoms with Crippen LogP contribution in [0.2, 0.25) is 0 Å². The summed E-state index contributed by atoms with van der Waals surface area (Å²) in [5.41, 5.74) is 6.62. The molecule has 7 heteroatoms. The van der Waals surface area contributed by atoms with Gasteiger partial charge in [0.15, 0.2) is 6.29 Å². The fourth-order valence-corrected chi connectivity index (χ4v) is 4.43. The number of aldehydes is 1. The van der Waals surface area contributed by atoms with Gasteiger partial charge in [-0.05, 0) is 53.6 Å². The van der Waals surface area contributed by atoms with E-state index in [4.69, 9.17) is 0 Å². The second-order valence-electron chi connectivity index (χ2n) is 8.46. The summed E-state index contributed by atoms with van der Waals surface area (Å²) in [6.07, 6.45) is 4.31.